The maximum atomic E-state index is 5.22. The molecule has 4 nitrogen and oxygen atoms in total. The SMILES string of the molecule is CCCC(C)Nc1cc(-c2nnco2)ccc1C. The zero-order chi connectivity index (χ0) is 13.0. The first-order valence-corrected chi connectivity index (χ1v) is 6.34. The number of hydrogen-bond donors (Lipinski definition) is 1. The second-order valence-corrected chi connectivity index (χ2v) is 4.61. The average molecular weight is 245 g/mol. The Morgan fingerprint density at radius 1 is 1.39 bits per heavy atom. The van der Waals surface area contributed by atoms with Crippen LogP contribution in [-0.4, -0.2) is 16.2 Å². The van der Waals surface area contributed by atoms with Crippen molar-refractivity contribution in [2.75, 3.05) is 5.32 Å². The van der Waals surface area contributed by atoms with Gasteiger partial charge in [0.2, 0.25) is 12.3 Å². The van der Waals surface area contributed by atoms with Crippen molar-refractivity contribution in [2.45, 2.75) is 39.7 Å². The molecule has 1 N–H and O–H groups in total. The van der Waals surface area contributed by atoms with Gasteiger partial charge in [-0.25, -0.2) is 0 Å². The molecule has 0 aliphatic carbocycles. The van der Waals surface area contributed by atoms with Crippen LogP contribution in [0.3, 0.4) is 0 Å². The number of anilines is 1. The van der Waals surface area contributed by atoms with Gasteiger partial charge in [-0.2, -0.15) is 0 Å². The number of nitrogens with zero attached hydrogens (tertiary/aromatic N) is 2. The number of hydrogen-bond acceptors (Lipinski definition) is 4. The Balaban J connectivity index is 2.22. The van der Waals surface area contributed by atoms with Gasteiger partial charge in [0.25, 0.3) is 0 Å². The van der Waals surface area contributed by atoms with Gasteiger partial charge in [0.05, 0.1) is 0 Å². The summed E-state index contributed by atoms with van der Waals surface area (Å²) in [5.41, 5.74) is 3.30. The fourth-order valence-electron chi connectivity index (χ4n) is 1.98. The molecule has 2 rings (SSSR count). The van der Waals surface area contributed by atoms with Crippen molar-refractivity contribution in [1.82, 2.24) is 10.2 Å². The minimum atomic E-state index is 0.464. The van der Waals surface area contributed by atoms with E-state index in [0.717, 1.165) is 17.7 Å². The molecule has 1 unspecified atom stereocenters. The molecule has 1 aromatic heterocycles. The van der Waals surface area contributed by atoms with Crippen molar-refractivity contribution < 1.29 is 4.42 Å². The molecule has 0 aliphatic rings. The third-order valence-corrected chi connectivity index (χ3v) is 2.97. The van der Waals surface area contributed by atoms with E-state index in [1.807, 2.05) is 6.07 Å². The van der Waals surface area contributed by atoms with Crippen LogP contribution >= 0.6 is 0 Å². The van der Waals surface area contributed by atoms with E-state index in [0.29, 0.717) is 11.9 Å². The van der Waals surface area contributed by atoms with Crippen LogP contribution in [0.15, 0.2) is 29.0 Å². The molecule has 1 aromatic carbocycles. The summed E-state index contributed by atoms with van der Waals surface area (Å²) in [4.78, 5) is 0. The highest BCUT2D eigenvalue weighted by atomic mass is 16.4. The van der Waals surface area contributed by atoms with Crippen LogP contribution < -0.4 is 5.32 Å². The highest BCUT2D eigenvalue weighted by Crippen LogP contribution is 2.24. The Morgan fingerprint density at radius 3 is 2.89 bits per heavy atom. The van der Waals surface area contributed by atoms with Gasteiger partial charge in [-0.05, 0) is 38.0 Å². The number of benzene rings is 1. The standard InChI is InChI=1S/C14H19N3O/c1-4-5-11(3)16-13-8-12(7-6-10(13)2)14-17-15-9-18-14/h6-9,11,16H,4-5H2,1-3H3. The summed E-state index contributed by atoms with van der Waals surface area (Å²) in [5, 5.41) is 11.2. The van der Waals surface area contributed by atoms with Crippen LogP contribution in [0, 0.1) is 6.92 Å². The van der Waals surface area contributed by atoms with Crippen LogP contribution in [-0.2, 0) is 0 Å². The summed E-state index contributed by atoms with van der Waals surface area (Å²) in [5.74, 6) is 0.557. The molecular formula is C14H19N3O. The van der Waals surface area contributed by atoms with Crippen molar-refractivity contribution in [3.8, 4) is 11.5 Å². The molecule has 0 fully saturated rings. The summed E-state index contributed by atoms with van der Waals surface area (Å²) in [6.07, 6.45) is 3.68. The molecule has 0 radical (unpaired) electrons. The molecule has 1 atom stereocenters. The Kier molecular flexibility index (Phi) is 3.97. The summed E-state index contributed by atoms with van der Waals surface area (Å²) in [6, 6.07) is 6.60. The maximum absolute atomic E-state index is 5.22. The average Bonchev–Trinajstić information content (AvgIpc) is 2.86. The van der Waals surface area contributed by atoms with Crippen LogP contribution in [0.1, 0.15) is 32.3 Å². The Bertz CT molecular complexity index is 494. The minimum Gasteiger partial charge on any atom is -0.423 e. The van der Waals surface area contributed by atoms with E-state index in [4.69, 9.17) is 4.42 Å². The summed E-state index contributed by atoms with van der Waals surface area (Å²) < 4.78 is 5.22. The Morgan fingerprint density at radius 2 is 2.22 bits per heavy atom. The van der Waals surface area contributed by atoms with Gasteiger partial charge in [-0.3, -0.25) is 0 Å². The van der Waals surface area contributed by atoms with Gasteiger partial charge < -0.3 is 9.73 Å². The van der Waals surface area contributed by atoms with Crippen LogP contribution in [0.5, 0.6) is 0 Å². The number of aromatic nitrogens is 2. The Labute approximate surface area is 107 Å². The summed E-state index contributed by atoms with van der Waals surface area (Å²) in [7, 11) is 0. The monoisotopic (exact) mass is 245 g/mol. The van der Waals surface area contributed by atoms with E-state index in [-0.39, 0.29) is 0 Å². The van der Waals surface area contributed by atoms with E-state index in [1.54, 1.807) is 0 Å². The topological polar surface area (TPSA) is 51.0 Å². The molecule has 0 aliphatic heterocycles. The lowest BCUT2D eigenvalue weighted by atomic mass is 10.1. The van der Waals surface area contributed by atoms with E-state index in [9.17, 15) is 0 Å². The first-order valence-electron chi connectivity index (χ1n) is 6.34. The maximum Gasteiger partial charge on any atom is 0.247 e. The molecule has 1 heterocycles. The predicted molar refractivity (Wildman–Crippen MR) is 72.5 cm³/mol. The largest absolute Gasteiger partial charge is 0.423 e. The van der Waals surface area contributed by atoms with Gasteiger partial charge in [0, 0.05) is 17.3 Å². The smallest absolute Gasteiger partial charge is 0.247 e. The lowest BCUT2D eigenvalue weighted by molar-refractivity contribution is 0.568. The van der Waals surface area contributed by atoms with E-state index in [1.165, 1.54) is 18.4 Å². The molecule has 0 saturated heterocycles. The lowest BCUT2D eigenvalue weighted by Crippen LogP contribution is -2.15. The second kappa shape index (κ2) is 5.67. The zero-order valence-corrected chi connectivity index (χ0v) is 11.1. The van der Waals surface area contributed by atoms with Crippen LogP contribution in [0.25, 0.3) is 11.5 Å². The minimum absolute atomic E-state index is 0.464. The molecule has 0 bridgehead atoms. The van der Waals surface area contributed by atoms with Crippen molar-refractivity contribution in [2.24, 2.45) is 0 Å². The van der Waals surface area contributed by atoms with Crippen molar-refractivity contribution in [3.05, 3.63) is 30.2 Å². The third-order valence-electron chi connectivity index (χ3n) is 2.97. The quantitative estimate of drug-likeness (QED) is 0.873. The molecule has 0 saturated carbocycles. The highest BCUT2D eigenvalue weighted by Gasteiger charge is 2.08. The zero-order valence-electron chi connectivity index (χ0n) is 11.1. The first-order chi connectivity index (χ1) is 8.70. The van der Waals surface area contributed by atoms with Crippen LogP contribution in [0.4, 0.5) is 5.69 Å². The van der Waals surface area contributed by atoms with Gasteiger partial charge in [-0.15, -0.1) is 10.2 Å². The second-order valence-electron chi connectivity index (χ2n) is 4.61. The number of rotatable bonds is 5. The number of aryl methyl sites for hydroxylation is 1. The lowest BCUT2D eigenvalue weighted by Gasteiger charge is -2.16. The number of nitrogens with one attached hydrogen (secondary N) is 1. The highest BCUT2D eigenvalue weighted by molar-refractivity contribution is 5.64. The molecule has 18 heavy (non-hydrogen) atoms. The first kappa shape index (κ1) is 12.6. The third kappa shape index (κ3) is 2.88. The molecular weight excluding hydrogens is 226 g/mol. The normalized spacial score (nSPS) is 12.4. The van der Waals surface area contributed by atoms with E-state index in [2.05, 4.69) is 48.4 Å². The van der Waals surface area contributed by atoms with Crippen molar-refractivity contribution >= 4 is 5.69 Å². The Hall–Kier alpha value is -1.84. The molecule has 0 amide bonds. The fraction of sp³-hybridized carbons (Fsp3) is 0.429. The summed E-state index contributed by atoms with van der Waals surface area (Å²) in [6.45, 7) is 6.49. The molecule has 2 aromatic rings. The van der Waals surface area contributed by atoms with Gasteiger partial charge in [0.15, 0.2) is 0 Å². The molecule has 4 heteroatoms. The van der Waals surface area contributed by atoms with Crippen molar-refractivity contribution in [3.63, 3.8) is 0 Å². The van der Waals surface area contributed by atoms with E-state index < -0.39 is 0 Å². The summed E-state index contributed by atoms with van der Waals surface area (Å²) >= 11 is 0. The fourth-order valence-corrected chi connectivity index (χ4v) is 1.98. The predicted octanol–water partition coefficient (Wildman–Crippen LogP) is 3.65. The van der Waals surface area contributed by atoms with Gasteiger partial charge in [0.1, 0.15) is 0 Å². The van der Waals surface area contributed by atoms with Crippen molar-refractivity contribution in [1.29, 1.82) is 0 Å². The molecule has 0 spiro atoms. The van der Waals surface area contributed by atoms with Gasteiger partial charge >= 0.3 is 0 Å². The van der Waals surface area contributed by atoms with Gasteiger partial charge in [-0.1, -0.05) is 19.4 Å². The van der Waals surface area contributed by atoms with Crippen LogP contribution in [0.2, 0.25) is 0 Å². The van der Waals surface area contributed by atoms with E-state index >= 15 is 0 Å². The molecule has 96 valence electrons.